The van der Waals surface area contributed by atoms with E-state index in [0.717, 1.165) is 50.8 Å². The predicted octanol–water partition coefficient (Wildman–Crippen LogP) is 13.0. The summed E-state index contributed by atoms with van der Waals surface area (Å²) in [6, 6.07) is 72.1. The van der Waals surface area contributed by atoms with Gasteiger partial charge in [0.1, 0.15) is 11.5 Å². The summed E-state index contributed by atoms with van der Waals surface area (Å²) in [5.74, 6) is 1.75. The van der Waals surface area contributed by atoms with E-state index in [-0.39, 0.29) is 0 Å². The number of hydrogen-bond donors (Lipinski definition) is 0. The molecule has 0 aliphatic carbocycles. The summed E-state index contributed by atoms with van der Waals surface area (Å²) in [5, 5.41) is 0. The van der Waals surface area contributed by atoms with Gasteiger partial charge in [-0.15, -0.1) is 0 Å². The first-order chi connectivity index (χ1) is 25.3. The molecule has 51 heavy (non-hydrogen) atoms. The van der Waals surface area contributed by atoms with Gasteiger partial charge < -0.3 is 9.64 Å². The van der Waals surface area contributed by atoms with Crippen molar-refractivity contribution in [2.75, 3.05) is 4.90 Å². The monoisotopic (exact) mass is 651 g/mol. The molecule has 0 radical (unpaired) electrons. The lowest BCUT2D eigenvalue weighted by Gasteiger charge is -2.48. The van der Waals surface area contributed by atoms with E-state index in [2.05, 4.69) is 205 Å². The largest absolute Gasteiger partial charge is 0.457 e. The maximum absolute atomic E-state index is 6.87. The van der Waals surface area contributed by atoms with Gasteiger partial charge in [-0.05, 0) is 93.0 Å². The van der Waals surface area contributed by atoms with Crippen molar-refractivity contribution in [2.24, 2.45) is 0 Å². The van der Waals surface area contributed by atoms with Gasteiger partial charge in [-0.25, -0.2) is 0 Å². The number of fused-ring (bicyclic) bond motifs is 8. The second kappa shape index (κ2) is 11.8. The SMILES string of the molecule is c1ccc(-c2ccc(N3c4ccccc4C4(c5cc(-c6ccccc6)ccc5Oc5ccc(-c6ccccc6)cc54)c4ccccc43)cc2)cc1. The third-order valence-electron chi connectivity index (χ3n) is 10.5. The van der Waals surface area contributed by atoms with Gasteiger partial charge in [0.25, 0.3) is 0 Å². The Hall–Kier alpha value is -6.64. The van der Waals surface area contributed by atoms with Crippen LogP contribution in [0.4, 0.5) is 17.1 Å². The summed E-state index contributed by atoms with van der Waals surface area (Å²) in [6.07, 6.45) is 0. The van der Waals surface area contributed by atoms with Crippen LogP contribution in [0.5, 0.6) is 11.5 Å². The predicted molar refractivity (Wildman–Crippen MR) is 209 cm³/mol. The molecule has 0 unspecified atom stereocenters. The molecular weight excluding hydrogens is 619 g/mol. The fourth-order valence-electron chi connectivity index (χ4n) is 8.25. The van der Waals surface area contributed by atoms with Crippen LogP contribution in [-0.4, -0.2) is 0 Å². The summed E-state index contributed by atoms with van der Waals surface area (Å²) in [4.78, 5) is 2.43. The lowest BCUT2D eigenvalue weighted by atomic mass is 9.60. The van der Waals surface area contributed by atoms with E-state index in [1.54, 1.807) is 0 Å². The summed E-state index contributed by atoms with van der Waals surface area (Å²) >= 11 is 0. The molecule has 1 spiro atoms. The Morgan fingerprint density at radius 3 is 1.16 bits per heavy atom. The van der Waals surface area contributed by atoms with Crippen LogP contribution in [0, 0.1) is 0 Å². The Bertz CT molecular complexity index is 2400. The lowest BCUT2D eigenvalue weighted by Crippen LogP contribution is -2.39. The zero-order valence-electron chi connectivity index (χ0n) is 27.9. The smallest absolute Gasteiger partial charge is 0.132 e. The summed E-state index contributed by atoms with van der Waals surface area (Å²) < 4.78 is 6.87. The van der Waals surface area contributed by atoms with Crippen LogP contribution in [0.25, 0.3) is 33.4 Å². The molecule has 240 valence electrons. The molecule has 0 saturated carbocycles. The van der Waals surface area contributed by atoms with Crippen molar-refractivity contribution in [3.8, 4) is 44.9 Å². The Morgan fingerprint density at radius 2 is 0.686 bits per heavy atom. The second-order valence-electron chi connectivity index (χ2n) is 13.3. The van der Waals surface area contributed by atoms with E-state index >= 15 is 0 Å². The maximum atomic E-state index is 6.87. The molecule has 0 aromatic heterocycles. The Morgan fingerprint density at radius 1 is 0.314 bits per heavy atom. The third-order valence-corrected chi connectivity index (χ3v) is 10.5. The van der Waals surface area contributed by atoms with Gasteiger partial charge in [-0.2, -0.15) is 0 Å². The third kappa shape index (κ3) is 4.57. The molecular formula is C49H33NO. The molecule has 2 heterocycles. The topological polar surface area (TPSA) is 12.5 Å². The van der Waals surface area contributed by atoms with Gasteiger partial charge in [0, 0.05) is 16.8 Å². The van der Waals surface area contributed by atoms with E-state index < -0.39 is 5.41 Å². The molecule has 0 saturated heterocycles. The zero-order valence-corrected chi connectivity index (χ0v) is 27.9. The first-order valence-corrected chi connectivity index (χ1v) is 17.5. The van der Waals surface area contributed by atoms with Crippen molar-refractivity contribution >= 4 is 17.1 Å². The summed E-state index contributed by atoms with van der Waals surface area (Å²) in [6.45, 7) is 0. The first kappa shape index (κ1) is 29.3. The minimum absolute atomic E-state index is 0.661. The number of benzene rings is 8. The van der Waals surface area contributed by atoms with Crippen LogP contribution in [0.1, 0.15) is 22.3 Å². The van der Waals surface area contributed by atoms with Crippen molar-refractivity contribution in [1.82, 2.24) is 0 Å². The molecule has 2 aliphatic rings. The highest BCUT2D eigenvalue weighted by molar-refractivity contribution is 5.92. The normalized spacial score (nSPS) is 13.4. The first-order valence-electron chi connectivity index (χ1n) is 17.5. The Kier molecular flexibility index (Phi) is 6.75. The molecule has 0 N–H and O–H groups in total. The standard InChI is InChI=1S/C49H33NO/c1-4-14-34(15-5-1)37-24-28-40(29-25-37)50-45-22-12-10-20-41(45)49(42-21-11-13-23-46(42)50)43-32-38(35-16-6-2-7-17-35)26-30-47(43)51-48-31-27-39(33-44(48)49)36-18-8-3-9-19-36/h1-33H. The minimum Gasteiger partial charge on any atom is -0.457 e. The number of anilines is 3. The van der Waals surface area contributed by atoms with Crippen LogP contribution in [-0.2, 0) is 5.41 Å². The highest BCUT2D eigenvalue weighted by atomic mass is 16.5. The van der Waals surface area contributed by atoms with E-state index in [4.69, 9.17) is 4.74 Å². The Labute approximate surface area is 298 Å². The summed E-state index contributed by atoms with van der Waals surface area (Å²) in [7, 11) is 0. The fraction of sp³-hybridized carbons (Fsp3) is 0.0204. The molecule has 8 aromatic carbocycles. The van der Waals surface area contributed by atoms with Gasteiger partial charge >= 0.3 is 0 Å². The molecule has 10 rings (SSSR count). The number of para-hydroxylation sites is 2. The highest BCUT2D eigenvalue weighted by Gasteiger charge is 2.51. The van der Waals surface area contributed by atoms with Crippen LogP contribution in [0.2, 0.25) is 0 Å². The van der Waals surface area contributed by atoms with Crippen molar-refractivity contribution in [3.05, 3.63) is 222 Å². The number of hydrogen-bond acceptors (Lipinski definition) is 2. The quantitative estimate of drug-likeness (QED) is 0.188. The van der Waals surface area contributed by atoms with Gasteiger partial charge in [0.15, 0.2) is 0 Å². The number of rotatable bonds is 4. The van der Waals surface area contributed by atoms with Crippen LogP contribution < -0.4 is 9.64 Å². The number of nitrogens with zero attached hydrogens (tertiary/aromatic N) is 1. The van der Waals surface area contributed by atoms with E-state index in [1.165, 1.54) is 33.4 Å². The molecule has 0 fully saturated rings. The van der Waals surface area contributed by atoms with E-state index in [9.17, 15) is 0 Å². The van der Waals surface area contributed by atoms with Gasteiger partial charge in [0.05, 0.1) is 16.8 Å². The Balaban J connectivity index is 1.27. The molecule has 0 atom stereocenters. The fourth-order valence-corrected chi connectivity index (χ4v) is 8.25. The van der Waals surface area contributed by atoms with Gasteiger partial charge in [-0.1, -0.05) is 152 Å². The van der Waals surface area contributed by atoms with Crippen LogP contribution >= 0.6 is 0 Å². The van der Waals surface area contributed by atoms with Crippen LogP contribution in [0.3, 0.4) is 0 Å². The molecule has 2 nitrogen and oxygen atoms in total. The minimum atomic E-state index is -0.661. The summed E-state index contributed by atoms with van der Waals surface area (Å²) in [5.41, 5.74) is 14.6. The molecule has 2 aliphatic heterocycles. The van der Waals surface area contributed by atoms with E-state index in [0.29, 0.717) is 0 Å². The van der Waals surface area contributed by atoms with Gasteiger partial charge in [-0.3, -0.25) is 0 Å². The molecule has 0 amide bonds. The average molecular weight is 652 g/mol. The van der Waals surface area contributed by atoms with Gasteiger partial charge in [0.2, 0.25) is 0 Å². The number of ether oxygens (including phenoxy) is 1. The van der Waals surface area contributed by atoms with Crippen molar-refractivity contribution in [3.63, 3.8) is 0 Å². The molecule has 8 aromatic rings. The molecule has 2 heteroatoms. The second-order valence-corrected chi connectivity index (χ2v) is 13.3. The van der Waals surface area contributed by atoms with Crippen LogP contribution in [0.15, 0.2) is 200 Å². The van der Waals surface area contributed by atoms with E-state index in [1.807, 2.05) is 0 Å². The maximum Gasteiger partial charge on any atom is 0.132 e. The lowest BCUT2D eigenvalue weighted by molar-refractivity contribution is 0.434. The zero-order chi connectivity index (χ0) is 33.8. The van der Waals surface area contributed by atoms with Crippen molar-refractivity contribution in [1.29, 1.82) is 0 Å². The molecule has 0 bridgehead atoms. The van der Waals surface area contributed by atoms with Crippen molar-refractivity contribution < 1.29 is 4.74 Å². The van der Waals surface area contributed by atoms with Crippen molar-refractivity contribution in [2.45, 2.75) is 5.41 Å². The highest BCUT2D eigenvalue weighted by Crippen LogP contribution is 2.63. The average Bonchev–Trinajstić information content (AvgIpc) is 3.21.